The third-order valence-electron chi connectivity index (χ3n) is 12.5. The van der Waals surface area contributed by atoms with Gasteiger partial charge >= 0.3 is 0 Å². The molecule has 4 heteroatoms. The molecule has 13 rings (SSSR count). The molecule has 13 aromatic rings. The normalized spacial score (nSPS) is 11.9. The molecular weight excluding hydrogens is 775 g/mol. The molecular formula is C58H35NO2S. The van der Waals surface area contributed by atoms with Crippen LogP contribution in [-0.2, 0) is 0 Å². The predicted molar refractivity (Wildman–Crippen MR) is 262 cm³/mol. The van der Waals surface area contributed by atoms with Crippen LogP contribution in [0, 0.1) is 0 Å². The van der Waals surface area contributed by atoms with Crippen molar-refractivity contribution in [2.45, 2.75) is 0 Å². The molecule has 0 radical (unpaired) electrons. The highest BCUT2D eigenvalue weighted by Gasteiger charge is 2.25. The van der Waals surface area contributed by atoms with E-state index in [9.17, 15) is 0 Å². The van der Waals surface area contributed by atoms with E-state index in [1.807, 2.05) is 12.1 Å². The van der Waals surface area contributed by atoms with Crippen molar-refractivity contribution in [3.8, 4) is 33.4 Å². The van der Waals surface area contributed by atoms with Gasteiger partial charge in [-0.25, -0.2) is 0 Å². The van der Waals surface area contributed by atoms with Gasteiger partial charge in [0.15, 0.2) is 5.58 Å². The summed E-state index contributed by atoms with van der Waals surface area (Å²) in [6.45, 7) is 0. The molecule has 0 saturated heterocycles. The Bertz CT molecular complexity index is 3850. The zero-order chi connectivity index (χ0) is 40.7. The SMILES string of the molecule is c1ccc(-c2ccc3sc4c(cc(N(c5ccc(-c6cccc7ccccc67)cc5)c5ccc6c(c5)oc5ccccc56)c5c6cc(-c7ccccc7)ccc6oc45)c3c2)cc1. The predicted octanol–water partition coefficient (Wildman–Crippen LogP) is 17.5. The molecule has 0 amide bonds. The molecule has 0 atom stereocenters. The van der Waals surface area contributed by atoms with Crippen LogP contribution < -0.4 is 4.90 Å². The molecule has 0 aliphatic rings. The molecule has 290 valence electrons. The fourth-order valence-corrected chi connectivity index (χ4v) is 10.6. The van der Waals surface area contributed by atoms with Crippen molar-refractivity contribution in [1.29, 1.82) is 0 Å². The minimum absolute atomic E-state index is 0.843. The molecule has 0 N–H and O–H groups in total. The highest BCUT2D eigenvalue weighted by Crippen LogP contribution is 2.51. The number of fused-ring (bicyclic) bond motifs is 11. The van der Waals surface area contributed by atoms with Gasteiger partial charge in [0.2, 0.25) is 0 Å². The van der Waals surface area contributed by atoms with Crippen molar-refractivity contribution >= 4 is 103 Å². The molecule has 3 nitrogen and oxygen atoms in total. The number of para-hydroxylation sites is 1. The van der Waals surface area contributed by atoms with Gasteiger partial charge in [-0.1, -0.05) is 146 Å². The Labute approximate surface area is 360 Å². The van der Waals surface area contributed by atoms with Crippen LogP contribution in [0.2, 0.25) is 0 Å². The van der Waals surface area contributed by atoms with Gasteiger partial charge in [-0.3, -0.25) is 0 Å². The summed E-state index contributed by atoms with van der Waals surface area (Å²) in [6.07, 6.45) is 0. The second-order valence-electron chi connectivity index (χ2n) is 16.0. The number of hydrogen-bond acceptors (Lipinski definition) is 4. The summed E-state index contributed by atoms with van der Waals surface area (Å²) in [4.78, 5) is 2.40. The van der Waals surface area contributed by atoms with Crippen LogP contribution in [0.3, 0.4) is 0 Å². The molecule has 0 saturated carbocycles. The van der Waals surface area contributed by atoms with Crippen molar-refractivity contribution in [2.24, 2.45) is 0 Å². The number of nitrogens with zero attached hydrogens (tertiary/aromatic N) is 1. The average molecular weight is 810 g/mol. The first-order valence-electron chi connectivity index (χ1n) is 21.0. The lowest BCUT2D eigenvalue weighted by Crippen LogP contribution is -2.10. The molecule has 0 fully saturated rings. The van der Waals surface area contributed by atoms with E-state index in [4.69, 9.17) is 8.83 Å². The van der Waals surface area contributed by atoms with Gasteiger partial charge in [-0.15, -0.1) is 11.3 Å². The number of anilines is 3. The van der Waals surface area contributed by atoms with Gasteiger partial charge < -0.3 is 13.7 Å². The Morgan fingerprint density at radius 1 is 0.355 bits per heavy atom. The van der Waals surface area contributed by atoms with Crippen LogP contribution in [0.25, 0.3) is 108 Å². The lowest BCUT2D eigenvalue weighted by molar-refractivity contribution is 0.669. The van der Waals surface area contributed by atoms with Crippen LogP contribution in [-0.4, -0.2) is 0 Å². The average Bonchev–Trinajstić information content (AvgIpc) is 4.03. The van der Waals surface area contributed by atoms with Gasteiger partial charge in [0.1, 0.15) is 16.7 Å². The summed E-state index contributed by atoms with van der Waals surface area (Å²) in [5.41, 5.74) is 13.6. The van der Waals surface area contributed by atoms with Gasteiger partial charge in [-0.2, -0.15) is 0 Å². The summed E-state index contributed by atoms with van der Waals surface area (Å²) in [6, 6.07) is 76.2. The quantitative estimate of drug-likeness (QED) is 0.168. The van der Waals surface area contributed by atoms with Gasteiger partial charge in [0.05, 0.1) is 15.8 Å². The molecule has 0 aliphatic heterocycles. The van der Waals surface area contributed by atoms with Crippen molar-refractivity contribution in [3.05, 3.63) is 212 Å². The zero-order valence-electron chi connectivity index (χ0n) is 33.4. The van der Waals surface area contributed by atoms with Gasteiger partial charge in [0.25, 0.3) is 0 Å². The highest BCUT2D eigenvalue weighted by molar-refractivity contribution is 7.26. The maximum atomic E-state index is 7.06. The highest BCUT2D eigenvalue weighted by atomic mass is 32.1. The maximum absolute atomic E-state index is 7.06. The minimum Gasteiger partial charge on any atom is -0.456 e. The second kappa shape index (κ2) is 13.8. The van der Waals surface area contributed by atoms with Crippen molar-refractivity contribution < 1.29 is 8.83 Å². The monoisotopic (exact) mass is 809 g/mol. The third-order valence-corrected chi connectivity index (χ3v) is 13.6. The fraction of sp³-hybridized carbons (Fsp3) is 0. The van der Waals surface area contributed by atoms with Crippen LogP contribution >= 0.6 is 11.3 Å². The van der Waals surface area contributed by atoms with Crippen LogP contribution in [0.15, 0.2) is 221 Å². The number of furan rings is 2. The summed E-state index contributed by atoms with van der Waals surface area (Å²) in [5.74, 6) is 0. The van der Waals surface area contributed by atoms with Crippen molar-refractivity contribution in [1.82, 2.24) is 0 Å². The van der Waals surface area contributed by atoms with E-state index in [1.165, 1.54) is 37.5 Å². The minimum atomic E-state index is 0.843. The molecule has 0 spiro atoms. The fourth-order valence-electron chi connectivity index (χ4n) is 9.49. The maximum Gasteiger partial charge on any atom is 0.155 e. The second-order valence-corrected chi connectivity index (χ2v) is 17.1. The smallest absolute Gasteiger partial charge is 0.155 e. The standard InChI is InChI=1S/C58H35NO2S/c1-3-12-36(13-4-1)40-24-30-53-50(33-40)56-51(35-49-48-32-41(37-14-5-2-6-15-37)25-31-55(48)62-58(49)57(56)61-53)59(43-28-29-47-46-19-9-10-21-52(46)60-54(47)34-43)42-26-22-39(23-27-42)45-20-11-17-38-16-7-8-18-44(38)45/h1-35H. The molecule has 0 unspecified atom stereocenters. The van der Waals surface area contributed by atoms with E-state index in [1.54, 1.807) is 11.3 Å². The first kappa shape index (κ1) is 34.9. The molecule has 3 heterocycles. The summed E-state index contributed by atoms with van der Waals surface area (Å²) >= 11 is 1.80. The zero-order valence-corrected chi connectivity index (χ0v) is 34.2. The Balaban J connectivity index is 1.11. The lowest BCUT2D eigenvalue weighted by atomic mass is 9.97. The van der Waals surface area contributed by atoms with E-state index in [0.717, 1.165) is 87.7 Å². The lowest BCUT2D eigenvalue weighted by Gasteiger charge is -2.27. The Hall–Kier alpha value is -7.92. The van der Waals surface area contributed by atoms with Crippen LogP contribution in [0.1, 0.15) is 0 Å². The van der Waals surface area contributed by atoms with E-state index in [2.05, 4.69) is 205 Å². The number of thiophene rings is 1. The largest absolute Gasteiger partial charge is 0.456 e. The topological polar surface area (TPSA) is 29.5 Å². The van der Waals surface area contributed by atoms with E-state index in [0.29, 0.717) is 0 Å². The molecule has 0 aliphatic carbocycles. The van der Waals surface area contributed by atoms with Gasteiger partial charge in [-0.05, 0) is 105 Å². The van der Waals surface area contributed by atoms with Crippen molar-refractivity contribution in [3.63, 3.8) is 0 Å². The molecule has 0 bridgehead atoms. The summed E-state index contributed by atoms with van der Waals surface area (Å²) < 4.78 is 16.0. The van der Waals surface area contributed by atoms with E-state index < -0.39 is 0 Å². The molecule has 62 heavy (non-hydrogen) atoms. The first-order chi connectivity index (χ1) is 30.7. The van der Waals surface area contributed by atoms with E-state index in [-0.39, 0.29) is 0 Å². The van der Waals surface area contributed by atoms with Crippen molar-refractivity contribution in [2.75, 3.05) is 4.90 Å². The number of hydrogen-bond donors (Lipinski definition) is 0. The number of rotatable bonds is 6. The van der Waals surface area contributed by atoms with Crippen LogP contribution in [0.4, 0.5) is 17.1 Å². The molecule has 3 aromatic heterocycles. The van der Waals surface area contributed by atoms with E-state index >= 15 is 0 Å². The Kier molecular flexibility index (Phi) is 7.78. The summed E-state index contributed by atoms with van der Waals surface area (Å²) in [5, 5.41) is 9.18. The Morgan fingerprint density at radius 2 is 0.984 bits per heavy atom. The number of benzene rings is 10. The summed E-state index contributed by atoms with van der Waals surface area (Å²) in [7, 11) is 0. The van der Waals surface area contributed by atoms with Gasteiger partial charge in [0, 0.05) is 49.1 Å². The first-order valence-corrected chi connectivity index (χ1v) is 21.8. The Morgan fingerprint density at radius 3 is 1.79 bits per heavy atom. The third kappa shape index (κ3) is 5.51. The molecule has 10 aromatic carbocycles. The van der Waals surface area contributed by atoms with Crippen LogP contribution in [0.5, 0.6) is 0 Å².